The minimum absolute atomic E-state index is 0.499. The fraction of sp³-hybridized carbons (Fsp3) is 0.625. The molecule has 1 unspecified atom stereocenters. The molecule has 19 heavy (non-hydrogen) atoms. The van der Waals surface area contributed by atoms with Gasteiger partial charge in [0.25, 0.3) is 0 Å². The maximum atomic E-state index is 10.4. The predicted molar refractivity (Wildman–Crippen MR) is 79.5 cm³/mol. The summed E-state index contributed by atoms with van der Waals surface area (Å²) in [6.07, 6.45) is -0.499. The van der Waals surface area contributed by atoms with Gasteiger partial charge in [0.2, 0.25) is 0 Å². The number of aliphatic hydroxyl groups is 1. The molecule has 0 saturated carbocycles. The molecular weight excluding hydrogens is 238 g/mol. The average Bonchev–Trinajstić information content (AvgIpc) is 2.38. The number of likely N-dealkylation sites (N-methyl/N-ethyl adjacent to an activating group) is 1. The number of ether oxygens (including phenoxy) is 1. The average molecular weight is 265 g/mol. The first-order valence-electron chi connectivity index (χ1n) is 7.20. The molecule has 108 valence electrons. The van der Waals surface area contributed by atoms with Crippen LogP contribution in [0.3, 0.4) is 0 Å². The van der Waals surface area contributed by atoms with E-state index in [2.05, 4.69) is 25.7 Å². The second kappa shape index (κ2) is 8.18. The molecule has 1 rings (SSSR count). The molecule has 0 spiro atoms. The fourth-order valence-corrected chi connectivity index (χ4v) is 2.23. The topological polar surface area (TPSA) is 32.7 Å². The van der Waals surface area contributed by atoms with E-state index in [4.69, 9.17) is 4.74 Å². The van der Waals surface area contributed by atoms with Gasteiger partial charge in [0.1, 0.15) is 5.75 Å². The highest BCUT2D eigenvalue weighted by Crippen LogP contribution is 2.25. The van der Waals surface area contributed by atoms with E-state index >= 15 is 0 Å². The molecule has 0 aliphatic heterocycles. The summed E-state index contributed by atoms with van der Waals surface area (Å²) < 4.78 is 5.58. The second-order valence-corrected chi connectivity index (χ2v) is 5.23. The summed E-state index contributed by atoms with van der Waals surface area (Å²) in [6, 6.07) is 7.74. The van der Waals surface area contributed by atoms with Crippen molar-refractivity contribution in [3.05, 3.63) is 29.8 Å². The third-order valence-electron chi connectivity index (χ3n) is 3.08. The zero-order valence-electron chi connectivity index (χ0n) is 12.6. The van der Waals surface area contributed by atoms with Gasteiger partial charge in [0.15, 0.2) is 0 Å². The van der Waals surface area contributed by atoms with Crippen LogP contribution in [-0.2, 0) is 0 Å². The van der Waals surface area contributed by atoms with Crippen molar-refractivity contribution in [2.45, 2.75) is 33.8 Å². The lowest BCUT2D eigenvalue weighted by Crippen LogP contribution is -2.32. The molecule has 0 aromatic heterocycles. The monoisotopic (exact) mass is 265 g/mol. The van der Waals surface area contributed by atoms with Gasteiger partial charge in [-0.3, -0.25) is 0 Å². The molecule has 0 heterocycles. The number of nitrogens with zero attached hydrogens (tertiary/aromatic N) is 1. The van der Waals surface area contributed by atoms with Gasteiger partial charge in [-0.2, -0.15) is 0 Å². The van der Waals surface area contributed by atoms with E-state index in [1.807, 2.05) is 31.2 Å². The van der Waals surface area contributed by atoms with E-state index in [9.17, 15) is 5.11 Å². The van der Waals surface area contributed by atoms with Crippen LogP contribution in [0.25, 0.3) is 0 Å². The molecule has 0 amide bonds. The second-order valence-electron chi connectivity index (χ2n) is 5.23. The predicted octanol–water partition coefficient (Wildman–Crippen LogP) is 3.10. The van der Waals surface area contributed by atoms with Crippen LogP contribution in [0, 0.1) is 5.92 Å². The highest BCUT2D eigenvalue weighted by atomic mass is 16.5. The van der Waals surface area contributed by atoms with Crippen LogP contribution in [0.4, 0.5) is 0 Å². The van der Waals surface area contributed by atoms with Crippen LogP contribution in [0.15, 0.2) is 24.3 Å². The highest BCUT2D eigenvalue weighted by Gasteiger charge is 2.16. The lowest BCUT2D eigenvalue weighted by molar-refractivity contribution is 0.106. The van der Waals surface area contributed by atoms with Gasteiger partial charge >= 0.3 is 0 Å². The van der Waals surface area contributed by atoms with Gasteiger partial charge in [-0.1, -0.05) is 39.0 Å². The SMILES string of the molecule is CCOc1ccccc1C(O)CN(CC)CC(C)C. The molecule has 1 atom stereocenters. The molecule has 1 aromatic rings. The summed E-state index contributed by atoms with van der Waals surface area (Å²) in [5, 5.41) is 10.4. The van der Waals surface area contributed by atoms with Crippen LogP contribution in [0.5, 0.6) is 5.75 Å². The molecule has 3 nitrogen and oxygen atoms in total. The zero-order valence-corrected chi connectivity index (χ0v) is 12.6. The van der Waals surface area contributed by atoms with Crippen molar-refractivity contribution in [2.75, 3.05) is 26.2 Å². The summed E-state index contributed by atoms with van der Waals surface area (Å²) in [5.74, 6) is 1.40. The standard InChI is InChI=1S/C16H27NO2/c1-5-17(11-13(3)4)12-15(18)14-9-7-8-10-16(14)19-6-2/h7-10,13,15,18H,5-6,11-12H2,1-4H3. The minimum Gasteiger partial charge on any atom is -0.493 e. The maximum Gasteiger partial charge on any atom is 0.125 e. The van der Waals surface area contributed by atoms with E-state index in [0.717, 1.165) is 24.4 Å². The summed E-state index contributed by atoms with van der Waals surface area (Å²) in [5.41, 5.74) is 0.881. The molecule has 1 aromatic carbocycles. The van der Waals surface area contributed by atoms with Crippen molar-refractivity contribution in [3.63, 3.8) is 0 Å². The minimum atomic E-state index is -0.499. The lowest BCUT2D eigenvalue weighted by atomic mass is 10.1. The van der Waals surface area contributed by atoms with E-state index in [0.29, 0.717) is 19.1 Å². The Labute approximate surface area is 117 Å². The third kappa shape index (κ3) is 5.21. The number of benzene rings is 1. The Hall–Kier alpha value is -1.06. The number of aliphatic hydroxyl groups excluding tert-OH is 1. The van der Waals surface area contributed by atoms with Crippen LogP contribution >= 0.6 is 0 Å². The molecular formula is C16H27NO2. The molecule has 0 aliphatic carbocycles. The number of rotatable bonds is 8. The summed E-state index contributed by atoms with van der Waals surface area (Å²) in [4.78, 5) is 2.28. The Bertz CT molecular complexity index is 366. The highest BCUT2D eigenvalue weighted by molar-refractivity contribution is 5.35. The van der Waals surface area contributed by atoms with Crippen molar-refractivity contribution in [3.8, 4) is 5.75 Å². The van der Waals surface area contributed by atoms with Gasteiger partial charge in [0, 0.05) is 18.7 Å². The van der Waals surface area contributed by atoms with E-state index in [-0.39, 0.29) is 0 Å². The molecule has 3 heteroatoms. The number of para-hydroxylation sites is 1. The first kappa shape index (κ1) is 16.0. The molecule has 1 N–H and O–H groups in total. The van der Waals surface area contributed by atoms with E-state index < -0.39 is 6.10 Å². The van der Waals surface area contributed by atoms with Crippen molar-refractivity contribution >= 4 is 0 Å². The Morgan fingerprint density at radius 2 is 1.84 bits per heavy atom. The smallest absolute Gasteiger partial charge is 0.125 e. The first-order chi connectivity index (χ1) is 9.08. The van der Waals surface area contributed by atoms with Gasteiger partial charge in [-0.25, -0.2) is 0 Å². The van der Waals surface area contributed by atoms with Gasteiger partial charge in [-0.15, -0.1) is 0 Å². The maximum absolute atomic E-state index is 10.4. The lowest BCUT2D eigenvalue weighted by Gasteiger charge is -2.26. The molecule has 0 radical (unpaired) electrons. The van der Waals surface area contributed by atoms with E-state index in [1.165, 1.54) is 0 Å². The Kier molecular flexibility index (Phi) is 6.89. The fourth-order valence-electron chi connectivity index (χ4n) is 2.23. The largest absolute Gasteiger partial charge is 0.493 e. The zero-order chi connectivity index (χ0) is 14.3. The number of hydrogen-bond acceptors (Lipinski definition) is 3. The quantitative estimate of drug-likeness (QED) is 0.784. The van der Waals surface area contributed by atoms with Crippen molar-refractivity contribution in [1.29, 1.82) is 0 Å². The Morgan fingerprint density at radius 1 is 1.16 bits per heavy atom. The normalized spacial score (nSPS) is 13.0. The molecule has 0 saturated heterocycles. The van der Waals surface area contributed by atoms with Crippen molar-refractivity contribution in [2.24, 2.45) is 5.92 Å². The molecule has 0 aliphatic rings. The molecule has 0 bridgehead atoms. The van der Waals surface area contributed by atoms with Crippen molar-refractivity contribution in [1.82, 2.24) is 4.90 Å². The van der Waals surface area contributed by atoms with Gasteiger partial charge < -0.3 is 14.7 Å². The van der Waals surface area contributed by atoms with Crippen LogP contribution in [0.1, 0.15) is 39.4 Å². The first-order valence-corrected chi connectivity index (χ1v) is 7.20. The summed E-state index contributed by atoms with van der Waals surface area (Å²) >= 11 is 0. The summed E-state index contributed by atoms with van der Waals surface area (Å²) in [7, 11) is 0. The van der Waals surface area contributed by atoms with E-state index in [1.54, 1.807) is 0 Å². The van der Waals surface area contributed by atoms with Crippen LogP contribution in [-0.4, -0.2) is 36.2 Å². The third-order valence-corrected chi connectivity index (χ3v) is 3.08. The van der Waals surface area contributed by atoms with Crippen LogP contribution in [0.2, 0.25) is 0 Å². The van der Waals surface area contributed by atoms with Gasteiger partial charge in [-0.05, 0) is 25.5 Å². The van der Waals surface area contributed by atoms with Crippen LogP contribution < -0.4 is 4.74 Å². The summed E-state index contributed by atoms with van der Waals surface area (Å²) in [6.45, 7) is 11.7. The van der Waals surface area contributed by atoms with Gasteiger partial charge in [0.05, 0.1) is 12.7 Å². The molecule has 0 fully saturated rings. The Balaban J connectivity index is 2.73. The van der Waals surface area contributed by atoms with Crippen molar-refractivity contribution < 1.29 is 9.84 Å². The number of hydrogen-bond donors (Lipinski definition) is 1. The Morgan fingerprint density at radius 3 is 2.42 bits per heavy atom.